The molecule has 0 unspecified atom stereocenters. The Morgan fingerprint density at radius 2 is 1.28 bits per heavy atom. The van der Waals surface area contributed by atoms with Gasteiger partial charge < -0.3 is 4.85 Å². The average molecular weight is 460 g/mol. The van der Waals surface area contributed by atoms with Gasteiger partial charge in [0.25, 0.3) is 5.82 Å². The van der Waals surface area contributed by atoms with Crippen LogP contribution in [0.25, 0.3) is 60.0 Å². The highest BCUT2D eigenvalue weighted by molar-refractivity contribution is 6.21. The smallest absolute Gasteiger partial charge is 0.270 e. The van der Waals surface area contributed by atoms with Gasteiger partial charge >= 0.3 is 0 Å². The SMILES string of the molecule is [C-]#[N+]c1cc(-c2c3ccccc3c(-c3ccc(-c4cc(C#N)ccn4)nc3)c3ccccc23)ccn1. The summed E-state index contributed by atoms with van der Waals surface area (Å²) in [5.41, 5.74) is 6.07. The quantitative estimate of drug-likeness (QED) is 0.202. The van der Waals surface area contributed by atoms with Crippen LogP contribution in [0.4, 0.5) is 5.82 Å². The van der Waals surface area contributed by atoms with E-state index in [-0.39, 0.29) is 0 Å². The van der Waals surface area contributed by atoms with E-state index in [1.54, 1.807) is 24.5 Å². The molecule has 5 nitrogen and oxygen atoms in total. The molecule has 0 amide bonds. The Labute approximate surface area is 207 Å². The molecular weight excluding hydrogens is 442 g/mol. The lowest BCUT2D eigenvalue weighted by atomic mass is 9.86. The Morgan fingerprint density at radius 3 is 1.86 bits per heavy atom. The van der Waals surface area contributed by atoms with Gasteiger partial charge in [-0.2, -0.15) is 5.26 Å². The molecule has 0 spiro atoms. The largest absolute Gasteiger partial charge is 0.361 e. The van der Waals surface area contributed by atoms with Gasteiger partial charge in [-0.1, -0.05) is 61.2 Å². The summed E-state index contributed by atoms with van der Waals surface area (Å²) >= 11 is 0. The van der Waals surface area contributed by atoms with Gasteiger partial charge in [-0.25, -0.2) is 0 Å². The molecule has 0 radical (unpaired) electrons. The fourth-order valence-electron chi connectivity index (χ4n) is 4.72. The molecule has 3 heterocycles. The van der Waals surface area contributed by atoms with Gasteiger partial charge in [0.15, 0.2) is 0 Å². The lowest BCUT2D eigenvalue weighted by molar-refractivity contribution is 1.24. The number of nitriles is 1. The van der Waals surface area contributed by atoms with E-state index in [1.165, 1.54) is 0 Å². The first kappa shape index (κ1) is 21.2. The molecule has 5 heteroatoms. The van der Waals surface area contributed by atoms with E-state index in [0.29, 0.717) is 22.8 Å². The summed E-state index contributed by atoms with van der Waals surface area (Å²) in [4.78, 5) is 16.8. The van der Waals surface area contributed by atoms with Crippen molar-refractivity contribution in [1.82, 2.24) is 15.0 Å². The van der Waals surface area contributed by atoms with Crippen molar-refractivity contribution in [3.05, 3.63) is 121 Å². The highest BCUT2D eigenvalue weighted by Crippen LogP contribution is 2.43. The minimum Gasteiger partial charge on any atom is -0.361 e. The number of aromatic nitrogens is 3. The molecule has 3 aromatic heterocycles. The molecule has 0 aliphatic carbocycles. The Bertz CT molecular complexity index is 1800. The van der Waals surface area contributed by atoms with Gasteiger partial charge in [0.2, 0.25) is 0 Å². The van der Waals surface area contributed by atoms with E-state index in [9.17, 15) is 5.26 Å². The highest BCUT2D eigenvalue weighted by Gasteiger charge is 2.17. The van der Waals surface area contributed by atoms with E-state index >= 15 is 0 Å². The molecule has 36 heavy (non-hydrogen) atoms. The highest BCUT2D eigenvalue weighted by atomic mass is 14.8. The second-order valence-corrected chi connectivity index (χ2v) is 8.33. The van der Waals surface area contributed by atoms with Crippen LogP contribution in [0.2, 0.25) is 0 Å². The number of fused-ring (bicyclic) bond motifs is 2. The van der Waals surface area contributed by atoms with Gasteiger partial charge in [-0.05, 0) is 68.6 Å². The second kappa shape index (κ2) is 8.76. The van der Waals surface area contributed by atoms with Crippen LogP contribution >= 0.6 is 0 Å². The zero-order chi connectivity index (χ0) is 24.5. The van der Waals surface area contributed by atoms with Crippen LogP contribution in [0.1, 0.15) is 5.56 Å². The van der Waals surface area contributed by atoms with E-state index in [1.807, 2.05) is 48.7 Å². The Kier molecular flexibility index (Phi) is 5.15. The zero-order valence-corrected chi connectivity index (χ0v) is 19.1. The molecule has 6 aromatic rings. The molecule has 0 bridgehead atoms. The van der Waals surface area contributed by atoms with Gasteiger partial charge in [0, 0.05) is 18.0 Å². The van der Waals surface area contributed by atoms with Crippen LogP contribution < -0.4 is 0 Å². The molecule has 3 aromatic carbocycles. The summed E-state index contributed by atoms with van der Waals surface area (Å²) in [7, 11) is 0. The average Bonchev–Trinajstić information content (AvgIpc) is 2.96. The van der Waals surface area contributed by atoms with Crippen molar-refractivity contribution in [1.29, 1.82) is 5.26 Å². The van der Waals surface area contributed by atoms with Crippen LogP contribution in [-0.2, 0) is 0 Å². The van der Waals surface area contributed by atoms with Crippen molar-refractivity contribution in [2.24, 2.45) is 0 Å². The van der Waals surface area contributed by atoms with Crippen LogP contribution in [0.3, 0.4) is 0 Å². The van der Waals surface area contributed by atoms with Crippen LogP contribution in [-0.4, -0.2) is 15.0 Å². The van der Waals surface area contributed by atoms with E-state index < -0.39 is 0 Å². The number of hydrogen-bond acceptors (Lipinski definition) is 4. The molecule has 0 N–H and O–H groups in total. The fraction of sp³-hybridized carbons (Fsp3) is 0. The van der Waals surface area contributed by atoms with Crippen molar-refractivity contribution in [3.8, 4) is 39.7 Å². The predicted octanol–water partition coefficient (Wildman–Crippen LogP) is 7.60. The van der Waals surface area contributed by atoms with Crippen LogP contribution in [0, 0.1) is 17.9 Å². The minimum absolute atomic E-state index is 0.374. The monoisotopic (exact) mass is 459 g/mol. The maximum Gasteiger partial charge on any atom is 0.270 e. The first-order valence-electron chi connectivity index (χ1n) is 11.4. The van der Waals surface area contributed by atoms with Gasteiger partial charge in [-0.3, -0.25) is 9.97 Å². The normalized spacial score (nSPS) is 10.7. The lowest BCUT2D eigenvalue weighted by Crippen LogP contribution is -1.93. The summed E-state index contributed by atoms with van der Waals surface area (Å²) < 4.78 is 0. The molecular formula is C31H17N5. The van der Waals surface area contributed by atoms with E-state index in [4.69, 9.17) is 11.6 Å². The molecule has 166 valence electrons. The topological polar surface area (TPSA) is 66.8 Å². The number of benzene rings is 3. The van der Waals surface area contributed by atoms with E-state index in [0.717, 1.165) is 43.8 Å². The summed E-state index contributed by atoms with van der Waals surface area (Å²) in [6.07, 6.45) is 5.19. The fourth-order valence-corrected chi connectivity index (χ4v) is 4.72. The molecule has 0 fully saturated rings. The maximum atomic E-state index is 9.22. The van der Waals surface area contributed by atoms with Gasteiger partial charge in [0.05, 0.1) is 23.0 Å². The van der Waals surface area contributed by atoms with Crippen molar-refractivity contribution < 1.29 is 0 Å². The molecule has 0 saturated heterocycles. The molecule has 0 aliphatic rings. The van der Waals surface area contributed by atoms with Crippen molar-refractivity contribution in [2.75, 3.05) is 0 Å². The summed E-state index contributed by atoms with van der Waals surface area (Å²) in [5, 5.41) is 13.6. The summed E-state index contributed by atoms with van der Waals surface area (Å²) in [6, 6.07) is 30.0. The summed E-state index contributed by atoms with van der Waals surface area (Å²) in [6.45, 7) is 7.41. The first-order chi connectivity index (χ1) is 17.8. The molecule has 0 aliphatic heterocycles. The predicted molar refractivity (Wildman–Crippen MR) is 142 cm³/mol. The van der Waals surface area contributed by atoms with Crippen molar-refractivity contribution in [2.45, 2.75) is 0 Å². The first-order valence-corrected chi connectivity index (χ1v) is 11.4. The Hall–Kier alpha value is -5.39. The maximum absolute atomic E-state index is 9.22. The minimum atomic E-state index is 0.374. The van der Waals surface area contributed by atoms with Gasteiger partial charge in [-0.15, -0.1) is 4.98 Å². The Balaban J connectivity index is 1.61. The zero-order valence-electron chi connectivity index (χ0n) is 19.1. The molecule has 6 rings (SSSR count). The Morgan fingerprint density at radius 1 is 0.639 bits per heavy atom. The third-order valence-corrected chi connectivity index (χ3v) is 6.28. The third-order valence-electron chi connectivity index (χ3n) is 6.28. The van der Waals surface area contributed by atoms with Gasteiger partial charge in [0.1, 0.15) is 6.20 Å². The van der Waals surface area contributed by atoms with Crippen molar-refractivity contribution >= 4 is 27.4 Å². The van der Waals surface area contributed by atoms with Crippen molar-refractivity contribution in [3.63, 3.8) is 0 Å². The number of pyridine rings is 3. The second-order valence-electron chi connectivity index (χ2n) is 8.33. The van der Waals surface area contributed by atoms with Crippen LogP contribution in [0.15, 0.2) is 104 Å². The number of nitrogens with zero attached hydrogens (tertiary/aromatic N) is 5. The van der Waals surface area contributed by atoms with Crippen LogP contribution in [0.5, 0.6) is 0 Å². The summed E-state index contributed by atoms with van der Waals surface area (Å²) in [5.74, 6) is 0.374. The lowest BCUT2D eigenvalue weighted by Gasteiger charge is -2.17. The third kappa shape index (κ3) is 3.53. The van der Waals surface area contributed by atoms with E-state index in [2.05, 4.69) is 51.2 Å². The molecule has 0 saturated carbocycles. The molecule has 0 atom stereocenters. The number of hydrogen-bond donors (Lipinski definition) is 0. The standard InChI is InChI=1S/C31H17N5/c1-33-29-17-21(13-15-35-29)30-23-6-2-4-8-25(23)31(26-9-5-3-7-24(26)30)22-10-11-27(36-19-22)28-16-20(18-32)12-14-34-28/h2-17,19H. The number of rotatable bonds is 3.